The quantitative estimate of drug-likeness (QED) is 0.593. The smallest absolute Gasteiger partial charge is 0.222 e. The molecule has 5 nitrogen and oxygen atoms in total. The van der Waals surface area contributed by atoms with Crippen LogP contribution < -0.4 is 10.5 Å². The fourth-order valence-corrected chi connectivity index (χ4v) is 1.24. The minimum Gasteiger partial charge on any atom is -0.356 e. The number of carbonyl (C=O) groups excluding carboxylic acids is 1. The fourth-order valence-electron chi connectivity index (χ4n) is 0.689. The molecule has 6 heteroatoms. The standard InChI is InChI=1S/C7H16N2O3S/c1-6(2)7(10)9-4-3-5-13(8,11)12/h6H,3-5H2,1-2H3,(H,9,10)(H2,8,11,12). The van der Waals surface area contributed by atoms with Gasteiger partial charge in [0, 0.05) is 12.5 Å². The number of hydrogen-bond donors (Lipinski definition) is 2. The third kappa shape index (κ3) is 7.73. The van der Waals surface area contributed by atoms with Crippen molar-refractivity contribution in [2.24, 2.45) is 11.1 Å². The summed E-state index contributed by atoms with van der Waals surface area (Å²) in [6.07, 6.45) is 0.358. The van der Waals surface area contributed by atoms with Crippen LogP contribution >= 0.6 is 0 Å². The van der Waals surface area contributed by atoms with Crippen LogP contribution in [0.2, 0.25) is 0 Å². The third-order valence-electron chi connectivity index (χ3n) is 1.43. The molecule has 0 rings (SSSR count). The number of nitrogens with two attached hydrogens (primary N) is 1. The highest BCUT2D eigenvalue weighted by molar-refractivity contribution is 7.89. The maximum absolute atomic E-state index is 11.0. The van der Waals surface area contributed by atoms with Crippen molar-refractivity contribution in [1.82, 2.24) is 5.32 Å². The minimum absolute atomic E-state index is 0.0746. The van der Waals surface area contributed by atoms with E-state index in [1.807, 2.05) is 0 Å². The molecular weight excluding hydrogens is 192 g/mol. The summed E-state index contributed by atoms with van der Waals surface area (Å²) in [5.41, 5.74) is 0. The van der Waals surface area contributed by atoms with E-state index in [1.54, 1.807) is 13.8 Å². The van der Waals surface area contributed by atoms with E-state index in [0.717, 1.165) is 0 Å². The van der Waals surface area contributed by atoms with Gasteiger partial charge in [0.1, 0.15) is 0 Å². The van der Waals surface area contributed by atoms with E-state index in [1.165, 1.54) is 0 Å². The summed E-state index contributed by atoms with van der Waals surface area (Å²) in [5.74, 6) is -0.241. The first kappa shape index (κ1) is 12.4. The lowest BCUT2D eigenvalue weighted by atomic mass is 10.2. The van der Waals surface area contributed by atoms with Crippen molar-refractivity contribution in [3.05, 3.63) is 0 Å². The van der Waals surface area contributed by atoms with Crippen LogP contribution in [0, 0.1) is 5.92 Å². The molecule has 0 aromatic rings. The lowest BCUT2D eigenvalue weighted by Crippen LogP contribution is -2.30. The highest BCUT2D eigenvalue weighted by Gasteiger charge is 2.06. The van der Waals surface area contributed by atoms with Gasteiger partial charge in [-0.2, -0.15) is 0 Å². The Morgan fingerprint density at radius 2 is 2.00 bits per heavy atom. The number of hydrogen-bond acceptors (Lipinski definition) is 3. The molecule has 0 aromatic carbocycles. The molecule has 0 fully saturated rings. The Kier molecular flexibility index (Phi) is 4.94. The number of nitrogens with one attached hydrogen (secondary N) is 1. The van der Waals surface area contributed by atoms with Crippen LogP contribution in [-0.4, -0.2) is 26.6 Å². The summed E-state index contributed by atoms with van der Waals surface area (Å²) in [6.45, 7) is 3.90. The first-order chi connectivity index (χ1) is 5.83. The molecule has 0 radical (unpaired) electrons. The molecule has 0 aliphatic heterocycles. The summed E-state index contributed by atoms with van der Waals surface area (Å²) < 4.78 is 20.9. The predicted molar refractivity (Wildman–Crippen MR) is 50.4 cm³/mol. The number of sulfonamides is 1. The Balaban J connectivity index is 3.53. The molecule has 0 unspecified atom stereocenters. The van der Waals surface area contributed by atoms with Crippen LogP contribution in [-0.2, 0) is 14.8 Å². The normalized spacial score (nSPS) is 11.7. The van der Waals surface area contributed by atoms with Crippen LogP contribution in [0.4, 0.5) is 0 Å². The Morgan fingerprint density at radius 3 is 2.38 bits per heavy atom. The van der Waals surface area contributed by atoms with E-state index in [-0.39, 0.29) is 17.6 Å². The zero-order chi connectivity index (χ0) is 10.5. The second kappa shape index (κ2) is 5.18. The van der Waals surface area contributed by atoms with Crippen molar-refractivity contribution in [3.8, 4) is 0 Å². The van der Waals surface area contributed by atoms with Gasteiger partial charge in [-0.25, -0.2) is 13.6 Å². The largest absolute Gasteiger partial charge is 0.356 e. The Bertz CT molecular complexity index is 259. The summed E-state index contributed by atoms with van der Waals surface area (Å²) >= 11 is 0. The summed E-state index contributed by atoms with van der Waals surface area (Å²) in [4.78, 5) is 11.0. The van der Waals surface area contributed by atoms with E-state index in [4.69, 9.17) is 5.14 Å². The van der Waals surface area contributed by atoms with Crippen LogP contribution in [0.5, 0.6) is 0 Å². The van der Waals surface area contributed by atoms with Crippen LogP contribution in [0.3, 0.4) is 0 Å². The van der Waals surface area contributed by atoms with Gasteiger partial charge in [0.05, 0.1) is 5.75 Å². The molecule has 0 saturated carbocycles. The average molecular weight is 208 g/mol. The van der Waals surface area contributed by atoms with Gasteiger partial charge in [0.15, 0.2) is 0 Å². The molecule has 0 heterocycles. The second-order valence-corrected chi connectivity index (χ2v) is 4.90. The van der Waals surface area contributed by atoms with Crippen LogP contribution in [0.15, 0.2) is 0 Å². The highest BCUT2D eigenvalue weighted by Crippen LogP contribution is 1.91. The topological polar surface area (TPSA) is 89.3 Å². The Morgan fingerprint density at radius 1 is 1.46 bits per heavy atom. The number of carbonyl (C=O) groups is 1. The van der Waals surface area contributed by atoms with Crippen LogP contribution in [0.1, 0.15) is 20.3 Å². The Hall–Kier alpha value is -0.620. The van der Waals surface area contributed by atoms with Crippen molar-refractivity contribution in [2.75, 3.05) is 12.3 Å². The zero-order valence-electron chi connectivity index (χ0n) is 7.91. The van der Waals surface area contributed by atoms with E-state index < -0.39 is 10.0 Å². The second-order valence-electron chi connectivity index (χ2n) is 3.17. The molecular formula is C7H16N2O3S. The molecule has 1 amide bonds. The maximum atomic E-state index is 11.0. The number of amides is 1. The van der Waals surface area contributed by atoms with Gasteiger partial charge < -0.3 is 5.32 Å². The van der Waals surface area contributed by atoms with Gasteiger partial charge >= 0.3 is 0 Å². The van der Waals surface area contributed by atoms with E-state index >= 15 is 0 Å². The van der Waals surface area contributed by atoms with Crippen molar-refractivity contribution in [1.29, 1.82) is 0 Å². The van der Waals surface area contributed by atoms with Gasteiger partial charge in [-0.05, 0) is 6.42 Å². The molecule has 0 spiro atoms. The summed E-state index contributed by atoms with van der Waals surface area (Å²) in [5, 5.41) is 7.37. The Labute approximate surface area is 78.7 Å². The monoisotopic (exact) mass is 208 g/mol. The van der Waals surface area contributed by atoms with Gasteiger partial charge in [0.25, 0.3) is 0 Å². The van der Waals surface area contributed by atoms with Gasteiger partial charge in [-0.3, -0.25) is 4.79 Å². The molecule has 0 aromatic heterocycles. The first-order valence-electron chi connectivity index (χ1n) is 4.11. The average Bonchev–Trinajstić information content (AvgIpc) is 1.95. The summed E-state index contributed by atoms with van der Waals surface area (Å²) in [6, 6.07) is 0. The van der Waals surface area contributed by atoms with Crippen molar-refractivity contribution >= 4 is 15.9 Å². The zero-order valence-corrected chi connectivity index (χ0v) is 8.73. The molecule has 13 heavy (non-hydrogen) atoms. The lowest BCUT2D eigenvalue weighted by Gasteiger charge is -2.06. The SMILES string of the molecule is CC(C)C(=O)NCCCS(N)(=O)=O. The van der Waals surface area contributed by atoms with E-state index in [2.05, 4.69) is 5.32 Å². The van der Waals surface area contributed by atoms with Crippen LogP contribution in [0.25, 0.3) is 0 Å². The third-order valence-corrected chi connectivity index (χ3v) is 2.29. The highest BCUT2D eigenvalue weighted by atomic mass is 32.2. The molecule has 0 atom stereocenters. The maximum Gasteiger partial charge on any atom is 0.222 e. The van der Waals surface area contributed by atoms with E-state index in [0.29, 0.717) is 13.0 Å². The minimum atomic E-state index is -3.39. The predicted octanol–water partition coefficient (Wildman–Crippen LogP) is -0.563. The molecule has 3 N–H and O–H groups in total. The van der Waals surface area contributed by atoms with Gasteiger partial charge in [-0.15, -0.1) is 0 Å². The number of primary sulfonamides is 1. The number of rotatable bonds is 5. The van der Waals surface area contributed by atoms with Crippen molar-refractivity contribution in [3.63, 3.8) is 0 Å². The molecule has 0 saturated heterocycles. The lowest BCUT2D eigenvalue weighted by molar-refractivity contribution is -0.123. The molecule has 0 aliphatic carbocycles. The summed E-state index contributed by atoms with van der Waals surface area (Å²) in [7, 11) is -3.39. The van der Waals surface area contributed by atoms with Crippen molar-refractivity contribution in [2.45, 2.75) is 20.3 Å². The molecule has 0 bridgehead atoms. The van der Waals surface area contributed by atoms with E-state index in [9.17, 15) is 13.2 Å². The van der Waals surface area contributed by atoms with Crippen molar-refractivity contribution < 1.29 is 13.2 Å². The fraction of sp³-hybridized carbons (Fsp3) is 0.857. The molecule has 78 valence electrons. The van der Waals surface area contributed by atoms with Gasteiger partial charge in [-0.1, -0.05) is 13.8 Å². The molecule has 0 aliphatic rings. The van der Waals surface area contributed by atoms with Gasteiger partial charge in [0.2, 0.25) is 15.9 Å². The first-order valence-corrected chi connectivity index (χ1v) is 5.82.